The van der Waals surface area contributed by atoms with Crippen LogP contribution in [0.1, 0.15) is 35.7 Å². The standard InChI is InChI=1S/C20H24N2O2S/c1-2-3-14-21-20(25)22-19(23)17-11-7-8-12-18(17)24-15-13-16-9-5-4-6-10-16/h4-12H,2-3,13-15H2,1H3,(H2,21,22,23,25). The quantitative estimate of drug-likeness (QED) is 0.559. The van der Waals surface area contributed by atoms with Crippen LogP contribution in [0.15, 0.2) is 54.6 Å². The third-order valence-electron chi connectivity index (χ3n) is 3.67. The van der Waals surface area contributed by atoms with Crippen LogP contribution in [0.25, 0.3) is 0 Å². The van der Waals surface area contributed by atoms with Crippen LogP contribution in [0, 0.1) is 0 Å². The summed E-state index contributed by atoms with van der Waals surface area (Å²) >= 11 is 5.15. The number of carbonyl (C=O) groups excluding carboxylic acids is 1. The summed E-state index contributed by atoms with van der Waals surface area (Å²) in [4.78, 5) is 12.4. The van der Waals surface area contributed by atoms with Gasteiger partial charge >= 0.3 is 0 Å². The number of unbranched alkanes of at least 4 members (excludes halogenated alkanes) is 1. The first-order valence-corrected chi connectivity index (χ1v) is 8.96. The molecule has 0 bridgehead atoms. The third kappa shape index (κ3) is 6.55. The highest BCUT2D eigenvalue weighted by Crippen LogP contribution is 2.18. The van der Waals surface area contributed by atoms with Crippen LogP contribution in [-0.2, 0) is 6.42 Å². The smallest absolute Gasteiger partial charge is 0.261 e. The molecule has 5 heteroatoms. The molecule has 0 aliphatic heterocycles. The van der Waals surface area contributed by atoms with Crippen molar-refractivity contribution in [2.24, 2.45) is 0 Å². The Labute approximate surface area is 154 Å². The largest absolute Gasteiger partial charge is 0.492 e. The molecule has 0 aliphatic rings. The van der Waals surface area contributed by atoms with Gasteiger partial charge < -0.3 is 10.1 Å². The van der Waals surface area contributed by atoms with Gasteiger partial charge in [-0.2, -0.15) is 0 Å². The highest BCUT2D eigenvalue weighted by molar-refractivity contribution is 7.80. The molecule has 0 aliphatic carbocycles. The predicted molar refractivity (Wildman–Crippen MR) is 105 cm³/mol. The van der Waals surface area contributed by atoms with E-state index in [4.69, 9.17) is 17.0 Å². The summed E-state index contributed by atoms with van der Waals surface area (Å²) < 4.78 is 5.82. The molecule has 0 spiro atoms. The zero-order valence-electron chi connectivity index (χ0n) is 14.5. The van der Waals surface area contributed by atoms with Gasteiger partial charge in [0.15, 0.2) is 5.11 Å². The van der Waals surface area contributed by atoms with E-state index in [2.05, 4.69) is 29.7 Å². The summed E-state index contributed by atoms with van der Waals surface area (Å²) in [6, 6.07) is 17.3. The number of nitrogens with one attached hydrogen (secondary N) is 2. The molecule has 0 saturated carbocycles. The van der Waals surface area contributed by atoms with Crippen LogP contribution >= 0.6 is 12.2 Å². The van der Waals surface area contributed by atoms with Crippen LogP contribution in [-0.4, -0.2) is 24.2 Å². The van der Waals surface area contributed by atoms with E-state index < -0.39 is 0 Å². The Kier molecular flexibility index (Phi) is 7.92. The number of benzene rings is 2. The van der Waals surface area contributed by atoms with Crippen molar-refractivity contribution in [1.29, 1.82) is 0 Å². The van der Waals surface area contributed by atoms with E-state index >= 15 is 0 Å². The molecule has 2 N–H and O–H groups in total. The Morgan fingerprint density at radius 2 is 1.80 bits per heavy atom. The van der Waals surface area contributed by atoms with Gasteiger partial charge in [-0.1, -0.05) is 55.8 Å². The molecule has 0 fully saturated rings. The van der Waals surface area contributed by atoms with Gasteiger partial charge in [0.1, 0.15) is 5.75 Å². The second-order valence-corrected chi connectivity index (χ2v) is 6.05. The van der Waals surface area contributed by atoms with Gasteiger partial charge in [-0.05, 0) is 36.3 Å². The topological polar surface area (TPSA) is 50.4 Å². The Morgan fingerprint density at radius 1 is 1.08 bits per heavy atom. The van der Waals surface area contributed by atoms with Crippen molar-refractivity contribution in [3.63, 3.8) is 0 Å². The van der Waals surface area contributed by atoms with Gasteiger partial charge in [-0.3, -0.25) is 10.1 Å². The number of carbonyl (C=O) groups is 1. The van der Waals surface area contributed by atoms with Crippen LogP contribution < -0.4 is 15.4 Å². The summed E-state index contributed by atoms with van der Waals surface area (Å²) in [5.41, 5.74) is 1.68. The fourth-order valence-corrected chi connectivity index (χ4v) is 2.49. The Balaban J connectivity index is 1.90. The zero-order valence-corrected chi connectivity index (χ0v) is 15.3. The van der Waals surface area contributed by atoms with E-state index in [0.717, 1.165) is 25.8 Å². The number of hydrogen-bond donors (Lipinski definition) is 2. The van der Waals surface area contributed by atoms with Crippen LogP contribution in [0.4, 0.5) is 0 Å². The molecule has 2 aromatic carbocycles. The van der Waals surface area contributed by atoms with E-state index in [1.165, 1.54) is 5.56 Å². The second kappa shape index (κ2) is 10.5. The van der Waals surface area contributed by atoms with Gasteiger partial charge in [0.2, 0.25) is 0 Å². The minimum absolute atomic E-state index is 0.260. The fourth-order valence-electron chi connectivity index (χ4n) is 2.30. The van der Waals surface area contributed by atoms with Crippen LogP contribution in [0.2, 0.25) is 0 Å². The highest BCUT2D eigenvalue weighted by Gasteiger charge is 2.13. The van der Waals surface area contributed by atoms with E-state index in [1.807, 2.05) is 30.3 Å². The van der Waals surface area contributed by atoms with Gasteiger partial charge in [0, 0.05) is 13.0 Å². The van der Waals surface area contributed by atoms with E-state index in [0.29, 0.717) is 23.0 Å². The zero-order chi connectivity index (χ0) is 17.9. The summed E-state index contributed by atoms with van der Waals surface area (Å²) in [7, 11) is 0. The minimum atomic E-state index is -0.260. The maximum absolute atomic E-state index is 12.4. The van der Waals surface area contributed by atoms with Gasteiger partial charge in [-0.25, -0.2) is 0 Å². The molecular formula is C20H24N2O2S. The first-order valence-electron chi connectivity index (χ1n) is 8.55. The fraction of sp³-hybridized carbons (Fsp3) is 0.300. The minimum Gasteiger partial charge on any atom is -0.492 e. The Hall–Kier alpha value is -2.40. The highest BCUT2D eigenvalue weighted by atomic mass is 32.1. The molecule has 25 heavy (non-hydrogen) atoms. The van der Waals surface area contributed by atoms with Crippen molar-refractivity contribution >= 4 is 23.2 Å². The van der Waals surface area contributed by atoms with Gasteiger partial charge in [-0.15, -0.1) is 0 Å². The Morgan fingerprint density at radius 3 is 2.56 bits per heavy atom. The number of amides is 1. The first kappa shape index (κ1) is 18.9. The van der Waals surface area contributed by atoms with Crippen molar-refractivity contribution in [1.82, 2.24) is 10.6 Å². The predicted octanol–water partition coefficient (Wildman–Crippen LogP) is 3.71. The molecule has 0 radical (unpaired) electrons. The lowest BCUT2D eigenvalue weighted by molar-refractivity contribution is 0.0972. The lowest BCUT2D eigenvalue weighted by Gasteiger charge is -2.13. The van der Waals surface area contributed by atoms with Crippen LogP contribution in [0.3, 0.4) is 0 Å². The van der Waals surface area contributed by atoms with Crippen molar-refractivity contribution < 1.29 is 9.53 Å². The number of para-hydroxylation sites is 1. The molecule has 1 amide bonds. The molecule has 2 aromatic rings. The number of thiocarbonyl (C=S) groups is 1. The molecule has 0 aromatic heterocycles. The van der Waals surface area contributed by atoms with Crippen molar-refractivity contribution in [3.05, 3.63) is 65.7 Å². The summed E-state index contributed by atoms with van der Waals surface area (Å²) in [6.45, 7) is 3.37. The average Bonchev–Trinajstić information content (AvgIpc) is 2.63. The monoisotopic (exact) mass is 356 g/mol. The molecule has 0 atom stereocenters. The normalized spacial score (nSPS) is 10.1. The maximum atomic E-state index is 12.4. The molecular weight excluding hydrogens is 332 g/mol. The Bertz CT molecular complexity index is 689. The molecule has 132 valence electrons. The van der Waals surface area contributed by atoms with Crippen molar-refractivity contribution in [2.75, 3.05) is 13.2 Å². The molecule has 4 nitrogen and oxygen atoms in total. The van der Waals surface area contributed by atoms with E-state index in [9.17, 15) is 4.79 Å². The molecule has 0 unspecified atom stereocenters. The maximum Gasteiger partial charge on any atom is 0.261 e. The first-order chi connectivity index (χ1) is 12.2. The number of rotatable bonds is 8. The van der Waals surface area contributed by atoms with Crippen LogP contribution in [0.5, 0.6) is 5.75 Å². The van der Waals surface area contributed by atoms with Gasteiger partial charge in [0.05, 0.1) is 12.2 Å². The summed E-state index contributed by atoms with van der Waals surface area (Å²) in [6.07, 6.45) is 2.87. The molecule has 2 rings (SSSR count). The second-order valence-electron chi connectivity index (χ2n) is 5.64. The van der Waals surface area contributed by atoms with Gasteiger partial charge in [0.25, 0.3) is 5.91 Å². The van der Waals surface area contributed by atoms with E-state index in [1.54, 1.807) is 12.1 Å². The third-order valence-corrected chi connectivity index (χ3v) is 3.91. The SMILES string of the molecule is CCCCNC(=S)NC(=O)c1ccccc1OCCc1ccccc1. The van der Waals surface area contributed by atoms with Crippen molar-refractivity contribution in [3.8, 4) is 5.75 Å². The average molecular weight is 356 g/mol. The number of ether oxygens (including phenoxy) is 1. The summed E-state index contributed by atoms with van der Waals surface area (Å²) in [5, 5.41) is 6.08. The lowest BCUT2D eigenvalue weighted by atomic mass is 10.1. The molecule has 0 heterocycles. The molecule has 0 saturated heterocycles. The lowest BCUT2D eigenvalue weighted by Crippen LogP contribution is -2.39. The van der Waals surface area contributed by atoms with Crippen molar-refractivity contribution in [2.45, 2.75) is 26.2 Å². The summed E-state index contributed by atoms with van der Waals surface area (Å²) in [5.74, 6) is 0.302. The number of hydrogen-bond acceptors (Lipinski definition) is 3. The van der Waals surface area contributed by atoms with E-state index in [-0.39, 0.29) is 5.91 Å².